The normalized spacial score (nSPS) is 11.3. The minimum Gasteiger partial charge on any atom is -0.507 e. The number of carbonyl (C=O) groups is 1. The van der Waals surface area contributed by atoms with Crippen LogP contribution in [-0.4, -0.2) is 34.4 Å². The Bertz CT molecular complexity index is 1280. The quantitative estimate of drug-likeness (QED) is 0.0547. The summed E-state index contributed by atoms with van der Waals surface area (Å²) < 4.78 is 18.0. The molecule has 0 bridgehead atoms. The van der Waals surface area contributed by atoms with Crippen molar-refractivity contribution in [1.29, 1.82) is 0 Å². The Morgan fingerprint density at radius 1 is 0.947 bits per heavy atom. The predicted octanol–water partition coefficient (Wildman–Crippen LogP) is 3.55. The van der Waals surface area contributed by atoms with Gasteiger partial charge in [-0.25, -0.2) is 10.6 Å². The van der Waals surface area contributed by atoms with Gasteiger partial charge in [0.25, 0.3) is 5.04 Å². The molecule has 0 fully saturated rings. The van der Waals surface area contributed by atoms with Crippen molar-refractivity contribution in [3.63, 3.8) is 0 Å². The number of carboxylic acid groups (broad SMARTS) is 1. The van der Waals surface area contributed by atoms with E-state index in [0.29, 0.717) is 60.3 Å². The van der Waals surface area contributed by atoms with Crippen LogP contribution in [0.5, 0.6) is 28.7 Å². The summed E-state index contributed by atoms with van der Waals surface area (Å²) in [4.78, 5) is 11.6. The van der Waals surface area contributed by atoms with E-state index in [2.05, 4.69) is 12.0 Å². The number of aryl methyl sites for hydroxylation is 1. The van der Waals surface area contributed by atoms with Crippen molar-refractivity contribution in [2.75, 3.05) is 13.2 Å². The fourth-order valence-corrected chi connectivity index (χ4v) is 4.29. The van der Waals surface area contributed by atoms with Crippen LogP contribution in [0.2, 0.25) is 0 Å². The van der Waals surface area contributed by atoms with E-state index in [4.69, 9.17) is 25.2 Å². The smallest absolute Gasteiger partial charge is 0.339 e. The molecule has 9 nitrogen and oxygen atoms in total. The first-order valence-corrected chi connectivity index (χ1v) is 13.3. The second-order valence-electron chi connectivity index (χ2n) is 8.36. The molecule has 10 heteroatoms. The molecular formula is C28H34N3O6S+. The fraction of sp³-hybridized carbons (Fsp3) is 0.286. The van der Waals surface area contributed by atoms with Crippen molar-refractivity contribution >= 4 is 23.0 Å². The van der Waals surface area contributed by atoms with Gasteiger partial charge < -0.3 is 24.4 Å². The minimum atomic E-state index is -1.05. The predicted molar refractivity (Wildman–Crippen MR) is 148 cm³/mol. The van der Waals surface area contributed by atoms with Gasteiger partial charge in [-0.05, 0) is 48.7 Å². The molecule has 202 valence electrons. The van der Waals surface area contributed by atoms with Crippen LogP contribution < -0.4 is 30.3 Å². The van der Waals surface area contributed by atoms with Gasteiger partial charge in [0, 0.05) is 30.0 Å². The summed E-state index contributed by atoms with van der Waals surface area (Å²) in [6.45, 7) is 4.84. The van der Waals surface area contributed by atoms with Gasteiger partial charge in [-0.2, -0.15) is 0 Å². The van der Waals surface area contributed by atoms with Crippen molar-refractivity contribution in [2.45, 2.75) is 39.5 Å². The first-order chi connectivity index (χ1) is 18.4. The first-order valence-electron chi connectivity index (χ1n) is 12.4. The molecule has 0 spiro atoms. The number of nitrogens with two attached hydrogens (primary N) is 2. The number of carboxylic acids is 1. The minimum absolute atomic E-state index is 0.0184. The third-order valence-electron chi connectivity index (χ3n) is 5.78. The molecule has 0 saturated heterocycles. The van der Waals surface area contributed by atoms with Crippen molar-refractivity contribution in [3.8, 4) is 28.7 Å². The molecule has 0 radical (unpaired) electrons. The van der Waals surface area contributed by atoms with Crippen LogP contribution in [0.3, 0.4) is 0 Å². The Kier molecular flexibility index (Phi) is 10.7. The number of phenolic OH excluding ortho intramolecular Hbond substituents is 1. The molecule has 0 aromatic heterocycles. The lowest BCUT2D eigenvalue weighted by molar-refractivity contribution is -0.465. The molecule has 0 saturated carbocycles. The Morgan fingerprint density at radius 2 is 1.63 bits per heavy atom. The zero-order valence-electron chi connectivity index (χ0n) is 21.5. The third kappa shape index (κ3) is 7.11. The molecule has 38 heavy (non-hydrogen) atoms. The van der Waals surface area contributed by atoms with Crippen LogP contribution in [0.15, 0.2) is 54.6 Å². The third-order valence-corrected chi connectivity index (χ3v) is 6.36. The summed E-state index contributed by atoms with van der Waals surface area (Å²) in [6, 6.07) is 15.4. The monoisotopic (exact) mass is 540 g/mol. The van der Waals surface area contributed by atoms with Crippen LogP contribution in [-0.2, 0) is 12.8 Å². The van der Waals surface area contributed by atoms with E-state index in [1.54, 1.807) is 30.3 Å². The highest BCUT2D eigenvalue weighted by atomic mass is 32.2. The average Bonchev–Trinajstić information content (AvgIpc) is 2.92. The highest BCUT2D eigenvalue weighted by molar-refractivity contribution is 8.12. The molecule has 7 N–H and O–H groups in total. The lowest BCUT2D eigenvalue weighted by atomic mass is 10.1. The fourth-order valence-electron chi connectivity index (χ4n) is 3.93. The molecule has 3 aromatic carbocycles. The molecule has 3 rings (SSSR count). The van der Waals surface area contributed by atoms with Crippen molar-refractivity contribution in [3.05, 3.63) is 76.9 Å². The standard InChI is InChI=1S/C28H33N3O6S/c1-3-9-19-23(12-7-13-24(19)37-25-11-6-5-10-20(25)28(33)34)35-14-8-15-36-26-17-22(32)21(16-18(26)4-2)27(31-29)38-30/h5-7,10-13,16-17,32H,3-4,8-9,14-15,29-30H2,1-2H3,(H,33,34)/p+1. The van der Waals surface area contributed by atoms with Crippen molar-refractivity contribution in [2.24, 2.45) is 11.0 Å². The van der Waals surface area contributed by atoms with E-state index < -0.39 is 5.97 Å². The topological polar surface area (TPSA) is 151 Å². The molecule has 0 aliphatic heterocycles. The largest absolute Gasteiger partial charge is 0.507 e. The van der Waals surface area contributed by atoms with E-state index in [1.807, 2.05) is 25.1 Å². The van der Waals surface area contributed by atoms with Crippen LogP contribution in [0.4, 0.5) is 0 Å². The summed E-state index contributed by atoms with van der Waals surface area (Å²) in [7, 11) is 0. The highest BCUT2D eigenvalue weighted by Gasteiger charge is 2.19. The molecule has 0 heterocycles. The number of hydrogen-bond acceptors (Lipinski definition) is 8. The van der Waals surface area contributed by atoms with Gasteiger partial charge in [-0.15, -0.1) is 5.10 Å². The summed E-state index contributed by atoms with van der Waals surface area (Å²) >= 11 is 0.920. The first kappa shape index (κ1) is 28.7. The number of phenols is 1. The Morgan fingerprint density at radius 3 is 2.29 bits per heavy atom. The highest BCUT2D eigenvalue weighted by Crippen LogP contribution is 2.35. The molecule has 0 unspecified atom stereocenters. The van der Waals surface area contributed by atoms with E-state index >= 15 is 0 Å². The molecule has 0 aliphatic rings. The van der Waals surface area contributed by atoms with Gasteiger partial charge in [0.05, 0.1) is 18.8 Å². The van der Waals surface area contributed by atoms with Crippen molar-refractivity contribution in [1.82, 2.24) is 0 Å². The maximum absolute atomic E-state index is 11.6. The van der Waals surface area contributed by atoms with E-state index in [1.165, 1.54) is 6.07 Å². The number of benzene rings is 3. The van der Waals surface area contributed by atoms with Crippen LogP contribution in [0, 0.1) is 0 Å². The van der Waals surface area contributed by atoms with Crippen LogP contribution >= 0.6 is 11.9 Å². The second kappa shape index (κ2) is 14.2. The molecule has 0 amide bonds. The zero-order valence-corrected chi connectivity index (χ0v) is 22.3. The number of nitrogens with one attached hydrogen (secondary N) is 1. The van der Waals surface area contributed by atoms with E-state index in [0.717, 1.165) is 29.5 Å². The second-order valence-corrected chi connectivity index (χ2v) is 9.00. The maximum atomic E-state index is 11.6. The Labute approximate surface area is 226 Å². The van der Waals surface area contributed by atoms with Gasteiger partial charge in [-0.3, -0.25) is 5.14 Å². The number of para-hydroxylation sites is 1. The summed E-state index contributed by atoms with van der Waals surface area (Å²) in [5.74, 6) is 6.58. The van der Waals surface area contributed by atoms with E-state index in [9.17, 15) is 15.0 Å². The molecule has 0 atom stereocenters. The van der Waals surface area contributed by atoms with Gasteiger partial charge in [0.1, 0.15) is 34.3 Å². The van der Waals surface area contributed by atoms with Crippen LogP contribution in [0.1, 0.15) is 53.7 Å². The number of aromatic hydroxyl groups is 1. The molecule has 0 aliphatic carbocycles. The summed E-state index contributed by atoms with van der Waals surface area (Å²) in [5, 5.41) is 28.5. The summed E-state index contributed by atoms with van der Waals surface area (Å²) in [6.07, 6.45) is 2.87. The molecule has 3 aromatic rings. The van der Waals surface area contributed by atoms with Gasteiger partial charge in [0.15, 0.2) is 0 Å². The zero-order chi connectivity index (χ0) is 27.5. The van der Waals surface area contributed by atoms with Gasteiger partial charge in [-0.1, -0.05) is 38.5 Å². The number of hydrogen-bond donors (Lipinski definition) is 5. The summed E-state index contributed by atoms with van der Waals surface area (Å²) in [5.41, 5.74) is 2.41. The van der Waals surface area contributed by atoms with E-state index in [-0.39, 0.29) is 17.1 Å². The number of hydrazone groups is 1. The average molecular weight is 541 g/mol. The van der Waals surface area contributed by atoms with Crippen LogP contribution in [0.25, 0.3) is 0 Å². The Balaban J connectivity index is 1.66. The number of rotatable bonds is 13. The SMILES string of the molecule is CCCc1c(OCCCOc2cc(O)c(C(=[NH+]N)SN)cc2CC)cccc1Oc1ccccc1C(=O)O. The van der Waals surface area contributed by atoms with Gasteiger partial charge in [0.2, 0.25) is 0 Å². The lowest BCUT2D eigenvalue weighted by Crippen LogP contribution is -2.80. The van der Waals surface area contributed by atoms with Crippen molar-refractivity contribution < 1.29 is 34.3 Å². The maximum Gasteiger partial charge on any atom is 0.339 e. The number of ether oxygens (including phenoxy) is 3. The van der Waals surface area contributed by atoms with Gasteiger partial charge >= 0.3 is 5.97 Å². The number of aromatic carboxylic acids is 1. The number of hydrazine groups is 1. The lowest BCUT2D eigenvalue weighted by Gasteiger charge is -2.17. The molecular weight excluding hydrogens is 506 g/mol. The Hall–Kier alpha value is -3.89.